The fraction of sp³-hybridized carbons (Fsp3) is 0.225. The molecule has 0 saturated carbocycles. The maximum Gasteiger partial charge on any atom is 0.127 e. The molecule has 0 radical (unpaired) electrons. The first-order chi connectivity index (χ1) is 21.5. The van der Waals surface area contributed by atoms with Gasteiger partial charge in [0.25, 0.3) is 0 Å². The molecule has 0 N–H and O–H groups in total. The lowest BCUT2D eigenvalue weighted by Gasteiger charge is -2.34. The predicted octanol–water partition coefficient (Wildman–Crippen LogP) is 9.65. The van der Waals surface area contributed by atoms with E-state index in [2.05, 4.69) is 116 Å². The molecule has 2 atom stereocenters. The average Bonchev–Trinajstić information content (AvgIpc) is 3.03. The third-order valence-electron chi connectivity index (χ3n) is 7.98. The highest BCUT2D eigenvalue weighted by Gasteiger charge is 2.32. The van der Waals surface area contributed by atoms with E-state index in [0.717, 1.165) is 47.9 Å². The van der Waals surface area contributed by atoms with Crippen LogP contribution in [0.2, 0.25) is 0 Å². The van der Waals surface area contributed by atoms with Crippen molar-refractivity contribution >= 4 is 20.1 Å². The van der Waals surface area contributed by atoms with Crippen molar-refractivity contribution in [2.45, 2.75) is 51.3 Å². The summed E-state index contributed by atoms with van der Waals surface area (Å²) in [5.41, 5.74) is 8.18. The number of nitrogens with zero attached hydrogens (tertiary/aromatic N) is 1. The lowest BCUT2D eigenvalue weighted by atomic mass is 9.87. The number of ether oxygens (including phenoxy) is 1. The molecule has 0 aliphatic rings. The second-order valence-corrected chi connectivity index (χ2v) is 13.4. The number of aliphatic imine (C=N–C) groups is 1. The summed E-state index contributed by atoms with van der Waals surface area (Å²) in [5, 5.41) is 0.868. The number of hydrogen-bond acceptors (Lipinski definition) is 2. The van der Waals surface area contributed by atoms with Crippen molar-refractivity contribution in [1.29, 1.82) is 0 Å². The minimum Gasteiger partial charge on any atom is -0.488 e. The van der Waals surface area contributed by atoms with Crippen molar-refractivity contribution in [2.75, 3.05) is 7.05 Å². The molecule has 5 rings (SSSR count). The molecule has 2 unspecified atom stereocenters. The van der Waals surface area contributed by atoms with E-state index >= 15 is 0 Å². The van der Waals surface area contributed by atoms with Crippen LogP contribution in [0.1, 0.15) is 65.6 Å². The molecule has 0 heterocycles. The van der Waals surface area contributed by atoms with Gasteiger partial charge in [-0.05, 0) is 58.1 Å². The Hall–Kier alpha value is -4.07. The second kappa shape index (κ2) is 15.1. The molecule has 0 aromatic heterocycles. The fourth-order valence-electron chi connectivity index (χ4n) is 5.90. The van der Waals surface area contributed by atoms with Crippen LogP contribution in [0.3, 0.4) is 0 Å². The van der Waals surface area contributed by atoms with Crippen molar-refractivity contribution in [1.82, 2.24) is 0 Å². The molecule has 0 fully saturated rings. The molecule has 5 aromatic rings. The minimum atomic E-state index is -0.243. The highest BCUT2D eigenvalue weighted by Crippen LogP contribution is 2.50. The van der Waals surface area contributed by atoms with Crippen LogP contribution in [-0.2, 0) is 24.6 Å². The average molecular weight is 602 g/mol. The molecule has 5 aromatic carbocycles. The van der Waals surface area contributed by atoms with E-state index in [1.807, 2.05) is 12.1 Å². The smallest absolute Gasteiger partial charge is 0.127 e. The van der Waals surface area contributed by atoms with Gasteiger partial charge in [-0.1, -0.05) is 138 Å². The Kier molecular flexibility index (Phi) is 10.8. The Morgan fingerprint density at radius 3 is 1.98 bits per heavy atom. The topological polar surface area (TPSA) is 21.6 Å². The summed E-state index contributed by atoms with van der Waals surface area (Å²) in [6.07, 6.45) is 5.36. The maximum atomic E-state index is 14.3. The maximum absolute atomic E-state index is 14.3. The van der Waals surface area contributed by atoms with Crippen LogP contribution in [0.15, 0.2) is 126 Å². The Morgan fingerprint density at radius 2 is 1.36 bits per heavy atom. The van der Waals surface area contributed by atoms with Crippen molar-refractivity contribution in [3.63, 3.8) is 0 Å². The van der Waals surface area contributed by atoms with Gasteiger partial charge in [0.1, 0.15) is 18.2 Å². The van der Waals surface area contributed by atoms with E-state index in [0.29, 0.717) is 15.2 Å². The number of hydrogen-bond donors (Lipinski definition) is 0. The van der Waals surface area contributed by atoms with E-state index < -0.39 is 0 Å². The van der Waals surface area contributed by atoms with Gasteiger partial charge in [0.15, 0.2) is 0 Å². The third kappa shape index (κ3) is 8.10. The van der Waals surface area contributed by atoms with E-state index in [4.69, 9.17) is 4.74 Å². The Morgan fingerprint density at radius 1 is 0.750 bits per heavy atom. The van der Waals surface area contributed by atoms with Crippen LogP contribution in [-0.4, -0.2) is 13.3 Å². The first-order valence-electron chi connectivity index (χ1n) is 15.4. The monoisotopic (exact) mass is 601 g/mol. The SMILES string of the molecule is CCCC(C)(Pc1ccc(F)cc1C=NC)c1cc(Cc2ccccc2)cc(Cc2ccccc2)c1OCc1ccccc1. The number of halogens is 1. The minimum absolute atomic E-state index is 0.243. The molecule has 0 saturated heterocycles. The molecular weight excluding hydrogens is 560 g/mol. The van der Waals surface area contributed by atoms with Gasteiger partial charge < -0.3 is 4.74 Å². The zero-order valence-corrected chi connectivity index (χ0v) is 26.9. The van der Waals surface area contributed by atoms with Crippen LogP contribution in [0.25, 0.3) is 0 Å². The van der Waals surface area contributed by atoms with Crippen LogP contribution < -0.4 is 10.0 Å². The Balaban J connectivity index is 1.68. The van der Waals surface area contributed by atoms with Gasteiger partial charge in [-0.3, -0.25) is 4.99 Å². The van der Waals surface area contributed by atoms with E-state index in [1.165, 1.54) is 27.8 Å². The molecule has 4 heteroatoms. The first kappa shape index (κ1) is 31.4. The van der Waals surface area contributed by atoms with E-state index in [1.54, 1.807) is 25.4 Å². The summed E-state index contributed by atoms with van der Waals surface area (Å²) in [6, 6.07) is 41.5. The van der Waals surface area contributed by atoms with Gasteiger partial charge in [-0.2, -0.15) is 0 Å². The van der Waals surface area contributed by atoms with Crippen molar-refractivity contribution in [3.8, 4) is 5.75 Å². The number of rotatable bonds is 13. The van der Waals surface area contributed by atoms with E-state index in [-0.39, 0.29) is 11.0 Å². The van der Waals surface area contributed by atoms with Crippen molar-refractivity contribution < 1.29 is 9.13 Å². The Labute approximate surface area is 263 Å². The summed E-state index contributed by atoms with van der Waals surface area (Å²) >= 11 is 0. The molecule has 0 amide bonds. The Bertz CT molecular complexity index is 1670. The van der Waals surface area contributed by atoms with Crippen LogP contribution in [0, 0.1) is 5.82 Å². The van der Waals surface area contributed by atoms with Crippen molar-refractivity contribution in [3.05, 3.63) is 166 Å². The van der Waals surface area contributed by atoms with Crippen LogP contribution >= 0.6 is 8.58 Å². The molecule has 2 nitrogen and oxygen atoms in total. The molecule has 0 spiro atoms. The molecule has 0 aliphatic carbocycles. The predicted molar refractivity (Wildman–Crippen MR) is 186 cm³/mol. The van der Waals surface area contributed by atoms with Gasteiger partial charge >= 0.3 is 0 Å². The normalized spacial score (nSPS) is 13.0. The summed E-state index contributed by atoms with van der Waals surface area (Å²) in [7, 11) is 2.13. The first-order valence-corrected chi connectivity index (χ1v) is 16.4. The van der Waals surface area contributed by atoms with Gasteiger partial charge in [0.05, 0.1) is 0 Å². The van der Waals surface area contributed by atoms with Gasteiger partial charge in [-0.25, -0.2) is 4.39 Å². The molecule has 224 valence electrons. The lowest BCUT2D eigenvalue weighted by Crippen LogP contribution is -2.23. The fourth-order valence-corrected chi connectivity index (χ4v) is 7.64. The zero-order valence-electron chi connectivity index (χ0n) is 25.9. The quantitative estimate of drug-likeness (QED) is 0.0973. The summed E-state index contributed by atoms with van der Waals surface area (Å²) in [6.45, 7) is 5.09. The largest absolute Gasteiger partial charge is 0.488 e. The van der Waals surface area contributed by atoms with Gasteiger partial charge in [0, 0.05) is 36.0 Å². The number of benzene rings is 5. The zero-order chi connectivity index (χ0) is 30.8. The lowest BCUT2D eigenvalue weighted by molar-refractivity contribution is 0.296. The van der Waals surface area contributed by atoms with E-state index in [9.17, 15) is 4.39 Å². The summed E-state index contributed by atoms with van der Waals surface area (Å²) < 4.78 is 21.2. The molecule has 0 bridgehead atoms. The third-order valence-corrected chi connectivity index (χ3v) is 9.77. The summed E-state index contributed by atoms with van der Waals surface area (Å²) in [4.78, 5) is 4.25. The van der Waals surface area contributed by atoms with Crippen LogP contribution in [0.4, 0.5) is 4.39 Å². The van der Waals surface area contributed by atoms with Gasteiger partial charge in [0.2, 0.25) is 0 Å². The van der Waals surface area contributed by atoms with Crippen molar-refractivity contribution in [2.24, 2.45) is 4.99 Å². The molecule has 0 aliphatic heterocycles. The second-order valence-electron chi connectivity index (χ2n) is 11.6. The highest BCUT2D eigenvalue weighted by atomic mass is 31.1. The summed E-state index contributed by atoms with van der Waals surface area (Å²) in [5.74, 6) is 0.721. The molecular formula is C40H41FNOP. The van der Waals surface area contributed by atoms with Crippen LogP contribution in [0.5, 0.6) is 5.75 Å². The molecule has 44 heavy (non-hydrogen) atoms. The standard InChI is InChI=1S/C40H41FNOP/c1-4-22-40(2,44-38-21-20-36(41)27-35(38)28-42-3)37-26-33(23-30-14-8-5-9-15-30)25-34(24-31-16-10-6-11-17-31)39(37)43-29-32-18-12-7-13-19-32/h5-21,25-28,44H,4,22-24,29H2,1-3H3. The highest BCUT2D eigenvalue weighted by molar-refractivity contribution is 7.48. The van der Waals surface area contributed by atoms with Gasteiger partial charge in [-0.15, -0.1) is 0 Å².